The summed E-state index contributed by atoms with van der Waals surface area (Å²) in [6.45, 7) is 0.779. The third-order valence-corrected chi connectivity index (χ3v) is 6.32. The largest absolute Gasteiger partial charge is 0.508 e. The topological polar surface area (TPSA) is 55.5 Å². The second-order valence-corrected chi connectivity index (χ2v) is 8.22. The van der Waals surface area contributed by atoms with Crippen LogP contribution >= 0.6 is 23.2 Å². The number of phenols is 1. The van der Waals surface area contributed by atoms with E-state index in [1.165, 1.54) is 24.8 Å². The highest BCUT2D eigenvalue weighted by Gasteiger charge is 2.23. The van der Waals surface area contributed by atoms with Gasteiger partial charge in [0.15, 0.2) is 0 Å². The maximum atomic E-state index is 9.76. The maximum absolute atomic E-state index is 9.76. The van der Waals surface area contributed by atoms with Crippen LogP contribution in [0.3, 0.4) is 0 Å². The molecule has 0 aromatic heterocycles. The van der Waals surface area contributed by atoms with E-state index >= 15 is 0 Å². The maximum Gasteiger partial charge on any atom is 0.138 e. The van der Waals surface area contributed by atoms with Gasteiger partial charge in [0.1, 0.15) is 18.1 Å². The van der Waals surface area contributed by atoms with E-state index < -0.39 is 0 Å². The van der Waals surface area contributed by atoms with Crippen LogP contribution in [0.25, 0.3) is 11.1 Å². The van der Waals surface area contributed by atoms with Gasteiger partial charge in [-0.2, -0.15) is 0 Å². The Bertz CT molecular complexity index is 1030. The molecule has 3 nitrogen and oxygen atoms in total. The van der Waals surface area contributed by atoms with Crippen LogP contribution in [0.2, 0.25) is 10.0 Å². The fourth-order valence-corrected chi connectivity index (χ4v) is 4.27. The molecule has 0 atom stereocenters. The highest BCUT2D eigenvalue weighted by molar-refractivity contribution is 6.34. The van der Waals surface area contributed by atoms with E-state index in [4.69, 9.17) is 33.7 Å². The minimum absolute atomic E-state index is 0.204. The van der Waals surface area contributed by atoms with Crippen molar-refractivity contribution in [1.82, 2.24) is 0 Å². The van der Waals surface area contributed by atoms with Crippen molar-refractivity contribution in [2.75, 3.05) is 0 Å². The third kappa shape index (κ3) is 4.23. The van der Waals surface area contributed by atoms with Crippen LogP contribution in [-0.4, -0.2) is 5.11 Å². The number of rotatable bonds is 6. The molecule has 0 unspecified atom stereocenters. The molecule has 0 heterocycles. The van der Waals surface area contributed by atoms with Gasteiger partial charge in [0.2, 0.25) is 0 Å². The highest BCUT2D eigenvalue weighted by atomic mass is 35.5. The highest BCUT2D eigenvalue weighted by Crippen LogP contribution is 2.42. The van der Waals surface area contributed by atoms with Crippen LogP contribution in [0.5, 0.6) is 11.5 Å². The lowest BCUT2D eigenvalue weighted by atomic mass is 9.78. The molecule has 1 aliphatic rings. The van der Waals surface area contributed by atoms with Crippen molar-refractivity contribution in [1.29, 1.82) is 0 Å². The molecule has 3 aromatic rings. The molecule has 4 rings (SSSR count). The van der Waals surface area contributed by atoms with E-state index in [1.807, 2.05) is 36.4 Å². The Morgan fingerprint density at radius 1 is 1.00 bits per heavy atom. The van der Waals surface area contributed by atoms with Crippen molar-refractivity contribution < 1.29 is 9.84 Å². The molecule has 150 valence electrons. The molecule has 1 saturated carbocycles. The molecule has 0 spiro atoms. The fourth-order valence-electron chi connectivity index (χ4n) is 3.74. The van der Waals surface area contributed by atoms with Crippen molar-refractivity contribution in [2.24, 2.45) is 5.73 Å². The van der Waals surface area contributed by atoms with E-state index in [-0.39, 0.29) is 5.75 Å². The molecule has 0 aliphatic heterocycles. The van der Waals surface area contributed by atoms with Crippen molar-refractivity contribution >= 4 is 23.2 Å². The zero-order valence-corrected chi connectivity index (χ0v) is 17.5. The van der Waals surface area contributed by atoms with Crippen molar-refractivity contribution in [2.45, 2.75) is 38.3 Å². The van der Waals surface area contributed by atoms with E-state index in [9.17, 15) is 5.11 Å². The SMILES string of the molecule is NCc1cc(Cl)c(OCc2cccc(-c3cccc(O)c3)c2Cl)cc1C1CCC1. The Morgan fingerprint density at radius 2 is 1.79 bits per heavy atom. The normalized spacial score (nSPS) is 13.9. The van der Waals surface area contributed by atoms with Crippen molar-refractivity contribution in [3.05, 3.63) is 81.3 Å². The Labute approximate surface area is 181 Å². The second kappa shape index (κ2) is 8.66. The van der Waals surface area contributed by atoms with Crippen LogP contribution < -0.4 is 10.5 Å². The van der Waals surface area contributed by atoms with Gasteiger partial charge < -0.3 is 15.6 Å². The molecular formula is C24H23Cl2NO2. The van der Waals surface area contributed by atoms with Crippen molar-refractivity contribution in [3.8, 4) is 22.6 Å². The van der Waals surface area contributed by atoms with Crippen LogP contribution in [0.4, 0.5) is 0 Å². The summed E-state index contributed by atoms with van der Waals surface area (Å²) in [6, 6.07) is 16.8. The van der Waals surface area contributed by atoms with Gasteiger partial charge in [0.05, 0.1) is 10.0 Å². The number of hydrogen-bond donors (Lipinski definition) is 2. The number of nitrogens with two attached hydrogens (primary N) is 1. The summed E-state index contributed by atoms with van der Waals surface area (Å²) >= 11 is 13.1. The molecule has 3 aromatic carbocycles. The van der Waals surface area contributed by atoms with E-state index in [0.717, 1.165) is 22.3 Å². The number of ether oxygens (including phenoxy) is 1. The summed E-state index contributed by atoms with van der Waals surface area (Å²) in [6.07, 6.45) is 3.63. The Balaban J connectivity index is 1.59. The van der Waals surface area contributed by atoms with Gasteiger partial charge in [0, 0.05) is 17.7 Å². The predicted octanol–water partition coefficient (Wildman–Crippen LogP) is 6.67. The van der Waals surface area contributed by atoms with Gasteiger partial charge in [-0.3, -0.25) is 0 Å². The lowest BCUT2D eigenvalue weighted by Crippen LogP contribution is -2.13. The average Bonchev–Trinajstić information content (AvgIpc) is 2.67. The summed E-state index contributed by atoms with van der Waals surface area (Å²) in [5.74, 6) is 1.41. The van der Waals surface area contributed by atoms with Crippen LogP contribution in [0.1, 0.15) is 41.9 Å². The quantitative estimate of drug-likeness (QED) is 0.461. The first-order valence-corrected chi connectivity index (χ1v) is 10.5. The summed E-state index contributed by atoms with van der Waals surface area (Å²) < 4.78 is 6.07. The minimum atomic E-state index is 0.204. The number of phenolic OH excluding ortho intramolecular Hbond substituents is 1. The Kier molecular flexibility index (Phi) is 6.00. The monoisotopic (exact) mass is 427 g/mol. The Hall–Kier alpha value is -2.20. The van der Waals surface area contributed by atoms with Gasteiger partial charge in [-0.15, -0.1) is 0 Å². The van der Waals surface area contributed by atoms with Gasteiger partial charge >= 0.3 is 0 Å². The van der Waals surface area contributed by atoms with Crippen LogP contribution in [0, 0.1) is 0 Å². The molecular weight excluding hydrogens is 405 g/mol. The fraction of sp³-hybridized carbons (Fsp3) is 0.250. The van der Waals surface area contributed by atoms with Gasteiger partial charge in [-0.25, -0.2) is 0 Å². The van der Waals surface area contributed by atoms with Gasteiger partial charge in [0.25, 0.3) is 0 Å². The van der Waals surface area contributed by atoms with E-state index in [0.29, 0.717) is 34.9 Å². The summed E-state index contributed by atoms with van der Waals surface area (Å²) in [4.78, 5) is 0. The number of hydrogen-bond acceptors (Lipinski definition) is 3. The summed E-state index contributed by atoms with van der Waals surface area (Å²) in [5, 5.41) is 10.9. The first-order chi connectivity index (χ1) is 14.1. The minimum Gasteiger partial charge on any atom is -0.508 e. The van der Waals surface area contributed by atoms with Crippen molar-refractivity contribution in [3.63, 3.8) is 0 Å². The molecule has 0 bridgehead atoms. The van der Waals surface area contributed by atoms with Gasteiger partial charge in [-0.1, -0.05) is 60.0 Å². The van der Waals surface area contributed by atoms with Crippen LogP contribution in [-0.2, 0) is 13.2 Å². The molecule has 3 N–H and O–H groups in total. The van der Waals surface area contributed by atoms with E-state index in [2.05, 4.69) is 0 Å². The number of aromatic hydroxyl groups is 1. The number of halogens is 2. The lowest BCUT2D eigenvalue weighted by molar-refractivity contribution is 0.305. The molecule has 5 heteroatoms. The second-order valence-electron chi connectivity index (χ2n) is 7.43. The summed E-state index contributed by atoms with van der Waals surface area (Å²) in [7, 11) is 0. The summed E-state index contributed by atoms with van der Waals surface area (Å²) in [5.41, 5.74) is 10.8. The third-order valence-electron chi connectivity index (χ3n) is 5.58. The average molecular weight is 428 g/mol. The van der Waals surface area contributed by atoms with Crippen LogP contribution in [0.15, 0.2) is 54.6 Å². The smallest absolute Gasteiger partial charge is 0.138 e. The van der Waals surface area contributed by atoms with Gasteiger partial charge in [-0.05, 0) is 59.7 Å². The zero-order chi connectivity index (χ0) is 20.4. The predicted molar refractivity (Wildman–Crippen MR) is 119 cm³/mol. The number of benzene rings is 3. The molecule has 0 radical (unpaired) electrons. The molecule has 29 heavy (non-hydrogen) atoms. The Morgan fingerprint density at radius 3 is 2.48 bits per heavy atom. The molecule has 1 aliphatic carbocycles. The zero-order valence-electron chi connectivity index (χ0n) is 16.0. The molecule has 1 fully saturated rings. The first-order valence-electron chi connectivity index (χ1n) is 9.78. The molecule has 0 amide bonds. The first kappa shape index (κ1) is 20.1. The standard InChI is InChI=1S/C24H23Cl2NO2/c25-22-11-18(13-27)21(15-4-1-5-15)12-23(22)29-14-17-7-3-9-20(24(17)26)16-6-2-8-19(28)10-16/h2-3,6-12,15,28H,1,4-5,13-14,27H2. The lowest BCUT2D eigenvalue weighted by Gasteiger charge is -2.28. The van der Waals surface area contributed by atoms with E-state index in [1.54, 1.807) is 18.2 Å². The molecule has 0 saturated heterocycles.